The number of amides is 1. The van der Waals surface area contributed by atoms with Crippen LogP contribution in [0.15, 0.2) is 78.6 Å². The van der Waals surface area contributed by atoms with Crippen LogP contribution in [-0.4, -0.2) is 24.3 Å². The van der Waals surface area contributed by atoms with Gasteiger partial charge in [-0.1, -0.05) is 48.5 Å². The van der Waals surface area contributed by atoms with Crippen LogP contribution >= 0.6 is 0 Å². The molecule has 4 nitrogen and oxygen atoms in total. The lowest BCUT2D eigenvalue weighted by Crippen LogP contribution is -2.47. The van der Waals surface area contributed by atoms with Crippen LogP contribution in [0.1, 0.15) is 22.8 Å². The molecule has 2 atom stereocenters. The van der Waals surface area contributed by atoms with Gasteiger partial charge in [-0.2, -0.15) is 4.39 Å². The van der Waals surface area contributed by atoms with Gasteiger partial charge in [-0.15, -0.1) is 0 Å². The number of nitrogens with one attached hydrogen (secondary N) is 1. The molecule has 2 unspecified atom stereocenters. The van der Waals surface area contributed by atoms with Gasteiger partial charge >= 0.3 is 5.97 Å². The number of allylic oxidation sites excluding steroid dienone is 2. The highest BCUT2D eigenvalue weighted by molar-refractivity contribution is 5.92. The molecule has 0 radical (unpaired) electrons. The highest BCUT2D eigenvalue weighted by Crippen LogP contribution is 2.42. The molecule has 0 fully saturated rings. The average molecular weight is 383 g/mol. The molecule has 2 aromatic rings. The Morgan fingerprint density at radius 3 is 2.29 bits per heavy atom. The number of rotatable bonds is 5. The molecule has 0 saturated carbocycles. The molecule has 0 bridgehead atoms. The van der Waals surface area contributed by atoms with Gasteiger partial charge in [0.05, 0.1) is 5.56 Å². The highest BCUT2D eigenvalue weighted by Gasteiger charge is 2.51. The number of carbonyl (C=O) groups excluding carboxylic acids is 2. The maximum absolute atomic E-state index is 15.6. The van der Waals surface area contributed by atoms with E-state index >= 15 is 8.78 Å². The number of ether oxygens (including phenoxy) is 1. The molecule has 0 spiro atoms. The molecule has 0 saturated heterocycles. The fourth-order valence-corrected chi connectivity index (χ4v) is 2.99. The van der Waals surface area contributed by atoms with Crippen LogP contribution in [0.4, 0.5) is 8.78 Å². The molecule has 0 aliphatic heterocycles. The van der Waals surface area contributed by atoms with E-state index < -0.39 is 29.5 Å². The zero-order chi connectivity index (χ0) is 20.1. The molecule has 1 aliphatic rings. The van der Waals surface area contributed by atoms with Crippen molar-refractivity contribution in [2.24, 2.45) is 5.92 Å². The third-order valence-corrected chi connectivity index (χ3v) is 4.34. The lowest BCUT2D eigenvalue weighted by atomic mass is 9.86. The molecule has 0 heterocycles. The van der Waals surface area contributed by atoms with Gasteiger partial charge in [-0.3, -0.25) is 4.79 Å². The molecule has 144 valence electrons. The van der Waals surface area contributed by atoms with Crippen LogP contribution in [0.2, 0.25) is 0 Å². The van der Waals surface area contributed by atoms with Gasteiger partial charge in [-0.05, 0) is 36.8 Å². The highest BCUT2D eigenvalue weighted by atomic mass is 19.2. The van der Waals surface area contributed by atoms with Gasteiger partial charge < -0.3 is 10.1 Å². The Labute approximate surface area is 161 Å². The minimum atomic E-state index is -2.95. The molecule has 0 aromatic heterocycles. The van der Waals surface area contributed by atoms with Crippen LogP contribution < -0.4 is 5.32 Å². The van der Waals surface area contributed by atoms with E-state index in [9.17, 15) is 9.59 Å². The fourth-order valence-electron chi connectivity index (χ4n) is 2.99. The fraction of sp³-hybridized carbons (Fsp3) is 0.182. The maximum atomic E-state index is 15.6. The second-order valence-electron chi connectivity index (χ2n) is 6.24. The number of benzene rings is 2. The maximum Gasteiger partial charge on any atom is 0.341 e. The average Bonchev–Trinajstić information content (AvgIpc) is 2.69. The molecule has 1 aliphatic carbocycles. The summed E-state index contributed by atoms with van der Waals surface area (Å²) in [6.07, 6.45) is 2.11. The van der Waals surface area contributed by atoms with Crippen molar-refractivity contribution in [3.63, 3.8) is 0 Å². The zero-order valence-electron chi connectivity index (χ0n) is 15.2. The number of hydrogen-bond donors (Lipinski definition) is 1. The van der Waals surface area contributed by atoms with E-state index in [4.69, 9.17) is 4.74 Å². The Hall–Kier alpha value is -3.28. The van der Waals surface area contributed by atoms with Crippen molar-refractivity contribution in [2.45, 2.75) is 12.8 Å². The number of halogens is 2. The Morgan fingerprint density at radius 2 is 1.68 bits per heavy atom. The molecule has 1 amide bonds. The van der Waals surface area contributed by atoms with E-state index in [2.05, 4.69) is 5.32 Å². The van der Waals surface area contributed by atoms with Crippen molar-refractivity contribution in [2.75, 3.05) is 6.54 Å². The van der Waals surface area contributed by atoms with Crippen molar-refractivity contribution in [1.82, 2.24) is 5.32 Å². The van der Waals surface area contributed by atoms with E-state index in [1.165, 1.54) is 18.2 Å². The molecule has 28 heavy (non-hydrogen) atoms. The summed E-state index contributed by atoms with van der Waals surface area (Å²) in [6.45, 7) is 1.81. The lowest BCUT2D eigenvalue weighted by Gasteiger charge is -2.32. The smallest absolute Gasteiger partial charge is 0.341 e. The molecular weight excluding hydrogens is 364 g/mol. The summed E-state index contributed by atoms with van der Waals surface area (Å²) in [4.78, 5) is 24.8. The van der Waals surface area contributed by atoms with Crippen LogP contribution in [0, 0.1) is 5.92 Å². The minimum absolute atomic E-state index is 0.0703. The number of carbonyl (C=O) groups is 2. The van der Waals surface area contributed by atoms with Crippen LogP contribution in [0.3, 0.4) is 0 Å². The van der Waals surface area contributed by atoms with E-state index in [1.807, 2.05) is 0 Å². The first-order valence-electron chi connectivity index (χ1n) is 8.85. The molecule has 6 heteroatoms. The van der Waals surface area contributed by atoms with E-state index in [0.717, 1.165) is 6.08 Å². The van der Waals surface area contributed by atoms with Crippen molar-refractivity contribution >= 4 is 17.4 Å². The normalized spacial score (nSPS) is 21.3. The first kappa shape index (κ1) is 19.5. The van der Waals surface area contributed by atoms with E-state index in [1.54, 1.807) is 55.5 Å². The third kappa shape index (κ3) is 3.86. The Balaban J connectivity index is 1.99. The summed E-state index contributed by atoms with van der Waals surface area (Å²) in [5.41, 5.74) is 0.656. The van der Waals surface area contributed by atoms with Gasteiger partial charge in [0, 0.05) is 12.1 Å². The standard InChI is InChI=1S/C22H19F2NO3/c1-2-25-20(26)18-19(23)17(15-9-5-3-6-10-15)13-14-22(18,24)28-21(27)16-11-7-4-8-12-16/h3-14,18H,2H2,1H3,(H,25,26). The summed E-state index contributed by atoms with van der Waals surface area (Å²) < 4.78 is 35.8. The quantitative estimate of drug-likeness (QED) is 0.787. The zero-order valence-corrected chi connectivity index (χ0v) is 15.2. The topological polar surface area (TPSA) is 55.4 Å². The van der Waals surface area contributed by atoms with Crippen LogP contribution in [0.5, 0.6) is 0 Å². The summed E-state index contributed by atoms with van der Waals surface area (Å²) in [6, 6.07) is 16.2. The SMILES string of the molecule is CCNC(=O)C1C(F)=C(c2ccccc2)C=CC1(F)OC(=O)c1ccccc1. The monoisotopic (exact) mass is 383 g/mol. The number of esters is 1. The largest absolute Gasteiger partial charge is 0.420 e. The Morgan fingerprint density at radius 1 is 1.07 bits per heavy atom. The number of hydrogen-bond acceptors (Lipinski definition) is 3. The summed E-state index contributed by atoms with van der Waals surface area (Å²) in [5, 5.41) is 2.41. The van der Waals surface area contributed by atoms with Gasteiger partial charge in [0.15, 0.2) is 5.92 Å². The second kappa shape index (κ2) is 8.17. The predicted molar refractivity (Wildman–Crippen MR) is 101 cm³/mol. The van der Waals surface area contributed by atoms with Crippen LogP contribution in [-0.2, 0) is 9.53 Å². The molecular formula is C22H19F2NO3. The van der Waals surface area contributed by atoms with Gasteiger partial charge in [0.25, 0.3) is 5.85 Å². The Kier molecular flexibility index (Phi) is 5.68. The van der Waals surface area contributed by atoms with Crippen LogP contribution in [0.25, 0.3) is 5.57 Å². The van der Waals surface area contributed by atoms with Gasteiger partial charge in [-0.25, -0.2) is 9.18 Å². The van der Waals surface area contributed by atoms with E-state index in [-0.39, 0.29) is 17.7 Å². The molecule has 1 N–H and O–H groups in total. The van der Waals surface area contributed by atoms with Gasteiger partial charge in [0.1, 0.15) is 5.83 Å². The van der Waals surface area contributed by atoms with Crippen molar-refractivity contribution in [1.29, 1.82) is 0 Å². The number of alkyl halides is 1. The first-order valence-corrected chi connectivity index (χ1v) is 8.85. The lowest BCUT2D eigenvalue weighted by molar-refractivity contribution is -0.144. The van der Waals surface area contributed by atoms with Crippen molar-refractivity contribution in [3.05, 3.63) is 89.8 Å². The Bertz CT molecular complexity index is 925. The van der Waals surface area contributed by atoms with Gasteiger partial charge in [0.2, 0.25) is 5.91 Å². The van der Waals surface area contributed by atoms with Crippen molar-refractivity contribution < 1.29 is 23.1 Å². The predicted octanol–water partition coefficient (Wildman–Crippen LogP) is 4.21. The summed E-state index contributed by atoms with van der Waals surface area (Å²) >= 11 is 0. The summed E-state index contributed by atoms with van der Waals surface area (Å²) in [7, 11) is 0. The van der Waals surface area contributed by atoms with E-state index in [0.29, 0.717) is 5.56 Å². The second-order valence-corrected chi connectivity index (χ2v) is 6.24. The van der Waals surface area contributed by atoms with Crippen molar-refractivity contribution in [3.8, 4) is 0 Å². The third-order valence-electron chi connectivity index (χ3n) is 4.34. The minimum Gasteiger partial charge on any atom is -0.420 e. The molecule has 2 aromatic carbocycles. The molecule has 3 rings (SSSR count). The first-order chi connectivity index (χ1) is 13.5. The summed E-state index contributed by atoms with van der Waals surface area (Å²) in [5.74, 6) is -7.78.